The van der Waals surface area contributed by atoms with Crippen molar-refractivity contribution in [3.05, 3.63) is 96.2 Å². The fraction of sp³-hybridized carbons (Fsp3) is 0.231. The third-order valence-electron chi connectivity index (χ3n) is 5.18. The summed E-state index contributed by atoms with van der Waals surface area (Å²) in [6.45, 7) is 2.74. The van der Waals surface area contributed by atoms with Gasteiger partial charge in [0.15, 0.2) is 0 Å². The molecule has 0 unspecified atom stereocenters. The van der Waals surface area contributed by atoms with Crippen LogP contribution in [-0.2, 0) is 21.8 Å². The number of imidazole rings is 1. The van der Waals surface area contributed by atoms with Crippen LogP contribution in [-0.4, -0.2) is 44.3 Å². The van der Waals surface area contributed by atoms with E-state index in [4.69, 9.17) is 4.74 Å². The number of esters is 1. The first-order valence-electron chi connectivity index (χ1n) is 11.1. The molecular formula is C26H26N4O3S. The van der Waals surface area contributed by atoms with Crippen molar-refractivity contribution in [1.82, 2.24) is 19.3 Å². The number of carbonyl (C=O) groups excluding carboxylic acids is 2. The van der Waals surface area contributed by atoms with Gasteiger partial charge < -0.3 is 14.0 Å². The largest absolute Gasteiger partial charge is 0.466 e. The molecule has 0 aliphatic rings. The fourth-order valence-corrected chi connectivity index (χ4v) is 4.30. The molecule has 174 valence electrons. The summed E-state index contributed by atoms with van der Waals surface area (Å²) in [5.41, 5.74) is 3.40. The Labute approximate surface area is 202 Å². The van der Waals surface area contributed by atoms with Crippen molar-refractivity contribution in [3.63, 3.8) is 0 Å². The molecule has 7 nitrogen and oxygen atoms in total. The molecule has 4 aromatic rings. The standard InChI is InChI=1S/C26H26N4O3S/c1-2-33-25(31)12-15-30(17-20-6-5-13-27-16-20)26(32)21-8-10-23(11-9-21)34-19-22-18-29-14-4-3-7-24(29)28-22/h3-11,13-14,16,18H,2,12,15,17,19H2,1H3. The number of rotatable bonds is 10. The lowest BCUT2D eigenvalue weighted by atomic mass is 10.1. The number of carbonyl (C=O) groups is 2. The number of amides is 1. The first-order chi connectivity index (χ1) is 16.6. The van der Waals surface area contributed by atoms with Gasteiger partial charge in [-0.2, -0.15) is 0 Å². The van der Waals surface area contributed by atoms with Crippen LogP contribution in [0.4, 0.5) is 0 Å². The molecule has 1 aromatic carbocycles. The molecule has 0 saturated carbocycles. The van der Waals surface area contributed by atoms with E-state index in [1.807, 2.05) is 71.4 Å². The maximum atomic E-state index is 13.2. The van der Waals surface area contributed by atoms with Gasteiger partial charge in [0.2, 0.25) is 0 Å². The Morgan fingerprint density at radius 2 is 1.94 bits per heavy atom. The highest BCUT2D eigenvalue weighted by Gasteiger charge is 2.18. The second-order valence-electron chi connectivity index (χ2n) is 7.65. The summed E-state index contributed by atoms with van der Waals surface area (Å²) < 4.78 is 7.03. The van der Waals surface area contributed by atoms with Crippen molar-refractivity contribution < 1.29 is 14.3 Å². The third-order valence-corrected chi connectivity index (χ3v) is 6.22. The van der Waals surface area contributed by atoms with Gasteiger partial charge in [-0.15, -0.1) is 11.8 Å². The smallest absolute Gasteiger partial charge is 0.307 e. The number of pyridine rings is 2. The number of thioether (sulfide) groups is 1. The predicted molar refractivity (Wildman–Crippen MR) is 131 cm³/mol. The minimum atomic E-state index is -0.315. The molecule has 8 heteroatoms. The molecule has 3 aromatic heterocycles. The van der Waals surface area contributed by atoms with Crippen LogP contribution in [0.15, 0.2) is 84.3 Å². The molecule has 0 spiro atoms. The van der Waals surface area contributed by atoms with Crippen molar-refractivity contribution in [2.24, 2.45) is 0 Å². The normalized spacial score (nSPS) is 10.9. The van der Waals surface area contributed by atoms with Crippen molar-refractivity contribution in [2.45, 2.75) is 30.5 Å². The van der Waals surface area contributed by atoms with Gasteiger partial charge in [0, 0.05) is 54.1 Å². The van der Waals surface area contributed by atoms with E-state index in [1.165, 1.54) is 0 Å². The van der Waals surface area contributed by atoms with E-state index in [0.717, 1.165) is 27.6 Å². The molecule has 0 fully saturated rings. The number of benzene rings is 1. The third kappa shape index (κ3) is 6.23. The molecule has 3 heterocycles. The van der Waals surface area contributed by atoms with Crippen LogP contribution in [0, 0.1) is 0 Å². The van der Waals surface area contributed by atoms with Crippen LogP contribution < -0.4 is 0 Å². The van der Waals surface area contributed by atoms with Gasteiger partial charge in [-0.05, 0) is 55.0 Å². The first kappa shape index (κ1) is 23.5. The summed E-state index contributed by atoms with van der Waals surface area (Å²) in [6, 6.07) is 17.2. The van der Waals surface area contributed by atoms with Crippen LogP contribution in [0.3, 0.4) is 0 Å². The summed E-state index contributed by atoms with van der Waals surface area (Å²) in [5.74, 6) is 0.289. The van der Waals surface area contributed by atoms with Crippen LogP contribution in [0.25, 0.3) is 5.65 Å². The predicted octanol–water partition coefficient (Wildman–Crippen LogP) is 4.62. The van der Waals surface area contributed by atoms with Gasteiger partial charge in [0.05, 0.1) is 18.7 Å². The summed E-state index contributed by atoms with van der Waals surface area (Å²) in [4.78, 5) is 36.6. The average molecular weight is 475 g/mol. The van der Waals surface area contributed by atoms with Crippen molar-refractivity contribution >= 4 is 29.3 Å². The zero-order valence-electron chi connectivity index (χ0n) is 19.0. The van der Waals surface area contributed by atoms with Crippen molar-refractivity contribution in [1.29, 1.82) is 0 Å². The lowest BCUT2D eigenvalue weighted by molar-refractivity contribution is -0.143. The van der Waals surface area contributed by atoms with E-state index in [1.54, 1.807) is 36.0 Å². The summed E-state index contributed by atoms with van der Waals surface area (Å²) >= 11 is 1.67. The Balaban J connectivity index is 1.41. The first-order valence-corrected chi connectivity index (χ1v) is 12.1. The second kappa shape index (κ2) is 11.5. The quantitative estimate of drug-likeness (QED) is 0.247. The number of fused-ring (bicyclic) bond motifs is 1. The minimum Gasteiger partial charge on any atom is -0.466 e. The second-order valence-corrected chi connectivity index (χ2v) is 8.70. The van der Waals surface area contributed by atoms with Gasteiger partial charge >= 0.3 is 5.97 Å². The fourth-order valence-electron chi connectivity index (χ4n) is 3.51. The molecule has 1 amide bonds. The summed E-state index contributed by atoms with van der Waals surface area (Å²) in [5, 5.41) is 0. The zero-order chi connectivity index (χ0) is 23.8. The van der Waals surface area contributed by atoms with Gasteiger partial charge in [0.1, 0.15) is 5.65 Å². The highest BCUT2D eigenvalue weighted by molar-refractivity contribution is 7.98. The van der Waals surface area contributed by atoms with E-state index in [-0.39, 0.29) is 24.8 Å². The zero-order valence-corrected chi connectivity index (χ0v) is 19.8. The molecule has 0 bridgehead atoms. The molecular weight excluding hydrogens is 448 g/mol. The van der Waals surface area contributed by atoms with Crippen LogP contribution in [0.2, 0.25) is 0 Å². The highest BCUT2D eigenvalue weighted by atomic mass is 32.2. The Hall–Kier alpha value is -3.65. The molecule has 0 aliphatic carbocycles. The average Bonchev–Trinajstić information content (AvgIpc) is 3.29. The Morgan fingerprint density at radius 1 is 1.09 bits per heavy atom. The number of ether oxygens (including phenoxy) is 1. The van der Waals surface area contributed by atoms with Gasteiger partial charge in [-0.25, -0.2) is 4.98 Å². The van der Waals surface area contributed by atoms with Crippen LogP contribution in [0.5, 0.6) is 0 Å². The molecule has 4 rings (SSSR count). The Bertz CT molecular complexity index is 1210. The topological polar surface area (TPSA) is 76.8 Å². The monoisotopic (exact) mass is 474 g/mol. The van der Waals surface area contributed by atoms with Gasteiger partial charge in [0.25, 0.3) is 5.91 Å². The summed E-state index contributed by atoms with van der Waals surface area (Å²) in [7, 11) is 0. The molecule has 0 aliphatic heterocycles. The van der Waals surface area contributed by atoms with E-state index < -0.39 is 0 Å². The SMILES string of the molecule is CCOC(=O)CCN(Cc1cccnc1)C(=O)c1ccc(SCc2cn3ccccc3n2)cc1. The number of hydrogen-bond donors (Lipinski definition) is 0. The molecule has 0 saturated heterocycles. The summed E-state index contributed by atoms with van der Waals surface area (Å²) in [6.07, 6.45) is 7.57. The molecule has 0 radical (unpaired) electrons. The van der Waals surface area contributed by atoms with E-state index >= 15 is 0 Å². The van der Waals surface area contributed by atoms with E-state index in [9.17, 15) is 9.59 Å². The Kier molecular flexibility index (Phi) is 7.93. The Morgan fingerprint density at radius 3 is 2.68 bits per heavy atom. The number of aromatic nitrogens is 3. The van der Waals surface area contributed by atoms with Gasteiger partial charge in [-0.1, -0.05) is 12.1 Å². The molecule has 0 atom stereocenters. The van der Waals surface area contributed by atoms with Crippen LogP contribution in [0.1, 0.15) is 35.0 Å². The lowest BCUT2D eigenvalue weighted by Crippen LogP contribution is -2.33. The van der Waals surface area contributed by atoms with Gasteiger partial charge in [-0.3, -0.25) is 14.6 Å². The maximum absolute atomic E-state index is 13.2. The molecule has 34 heavy (non-hydrogen) atoms. The molecule has 0 N–H and O–H groups in total. The minimum absolute atomic E-state index is 0.134. The lowest BCUT2D eigenvalue weighted by Gasteiger charge is -2.22. The van der Waals surface area contributed by atoms with Crippen molar-refractivity contribution in [3.8, 4) is 0 Å². The van der Waals surface area contributed by atoms with Crippen LogP contribution >= 0.6 is 11.8 Å². The van der Waals surface area contributed by atoms with E-state index in [0.29, 0.717) is 18.7 Å². The number of nitrogens with zero attached hydrogens (tertiary/aromatic N) is 4. The van der Waals surface area contributed by atoms with Crippen molar-refractivity contribution in [2.75, 3.05) is 13.2 Å². The maximum Gasteiger partial charge on any atom is 0.307 e. The highest BCUT2D eigenvalue weighted by Crippen LogP contribution is 2.23. The number of hydrogen-bond acceptors (Lipinski definition) is 6. The van der Waals surface area contributed by atoms with E-state index in [2.05, 4.69) is 9.97 Å².